The third kappa shape index (κ3) is 23.0. The normalized spacial score (nSPS) is 11.7. The molecule has 0 saturated heterocycles. The van der Waals surface area contributed by atoms with Crippen LogP contribution >= 0.6 is 0 Å². The molecule has 49 heavy (non-hydrogen) atoms. The van der Waals surface area contributed by atoms with E-state index in [4.69, 9.17) is 0 Å². The second kappa shape index (κ2) is 32.6. The maximum absolute atomic E-state index is 2.47. The Bertz CT molecular complexity index is 985. The van der Waals surface area contributed by atoms with Crippen LogP contribution in [0.4, 0.5) is 0 Å². The zero-order chi connectivity index (χ0) is 34.9. The predicted molar refractivity (Wildman–Crippen MR) is 224 cm³/mol. The Morgan fingerprint density at radius 1 is 0.327 bits per heavy atom. The van der Waals surface area contributed by atoms with Crippen LogP contribution in [0.25, 0.3) is 10.8 Å². The molecule has 2 rings (SSSR count). The van der Waals surface area contributed by atoms with Crippen LogP contribution in [0.2, 0.25) is 0 Å². The first kappa shape index (κ1) is 43.9. The van der Waals surface area contributed by atoms with Gasteiger partial charge in [-0.25, -0.2) is 0 Å². The lowest BCUT2D eigenvalue weighted by atomic mass is 9.88. The molecule has 0 heteroatoms. The molecule has 0 unspecified atom stereocenters. The van der Waals surface area contributed by atoms with Crippen LogP contribution in [-0.4, -0.2) is 0 Å². The van der Waals surface area contributed by atoms with E-state index in [0.717, 1.165) is 0 Å². The van der Waals surface area contributed by atoms with Gasteiger partial charge in [0.2, 0.25) is 0 Å². The van der Waals surface area contributed by atoms with E-state index in [2.05, 4.69) is 51.1 Å². The van der Waals surface area contributed by atoms with Crippen molar-refractivity contribution in [1.82, 2.24) is 0 Å². The zero-order valence-electron chi connectivity index (χ0n) is 33.8. The fraction of sp³-hybridized carbons (Fsp3) is 0.796. The molecule has 0 atom stereocenters. The van der Waals surface area contributed by atoms with Crippen molar-refractivity contribution in [2.24, 2.45) is 0 Å². The molecule has 0 spiro atoms. The SMILES string of the molecule is CCCCCCCCCCCCCCCCCCCCc1c(CCCCCCCCCCCCCCCCCC)c(C)cc2ccccc12. The molecule has 0 radical (unpaired) electrons. The predicted octanol–water partition coefficient (Wildman–Crippen LogP) is 17.5. The Kier molecular flexibility index (Phi) is 29.2. The molecule has 0 aliphatic carbocycles. The van der Waals surface area contributed by atoms with E-state index in [1.54, 1.807) is 11.1 Å². The molecular formula is C49H86. The van der Waals surface area contributed by atoms with E-state index >= 15 is 0 Å². The van der Waals surface area contributed by atoms with Crippen molar-refractivity contribution in [2.45, 2.75) is 252 Å². The molecule has 282 valence electrons. The number of hydrogen-bond donors (Lipinski definition) is 0. The standard InChI is InChI=1S/C49H86/c1-4-6-8-10-12-14-16-18-20-22-23-25-27-29-31-33-35-37-43-49-47(45(3)44-46-40-38-39-42-48(46)49)41-36-34-32-30-28-26-24-21-19-17-15-13-11-9-7-5-2/h38-40,42,44H,4-37,41,43H2,1-3H3. The summed E-state index contributed by atoms with van der Waals surface area (Å²) < 4.78 is 0. The van der Waals surface area contributed by atoms with Crippen molar-refractivity contribution in [3.8, 4) is 0 Å². The van der Waals surface area contributed by atoms with Gasteiger partial charge < -0.3 is 0 Å². The first-order valence-corrected chi connectivity index (χ1v) is 22.8. The third-order valence-corrected chi connectivity index (χ3v) is 11.6. The third-order valence-electron chi connectivity index (χ3n) is 11.6. The van der Waals surface area contributed by atoms with Crippen LogP contribution < -0.4 is 0 Å². The van der Waals surface area contributed by atoms with Crippen molar-refractivity contribution in [3.63, 3.8) is 0 Å². The molecule has 0 N–H and O–H groups in total. The fourth-order valence-corrected chi connectivity index (χ4v) is 8.31. The quantitative estimate of drug-likeness (QED) is 0.0631. The summed E-state index contributed by atoms with van der Waals surface area (Å²) >= 11 is 0. The molecular weight excluding hydrogens is 589 g/mol. The van der Waals surface area contributed by atoms with Gasteiger partial charge >= 0.3 is 0 Å². The molecule has 0 aliphatic rings. The van der Waals surface area contributed by atoms with Gasteiger partial charge in [0, 0.05) is 0 Å². The van der Waals surface area contributed by atoms with Crippen molar-refractivity contribution in [3.05, 3.63) is 47.0 Å². The van der Waals surface area contributed by atoms with Crippen LogP contribution in [0.15, 0.2) is 30.3 Å². The number of benzene rings is 2. The van der Waals surface area contributed by atoms with Gasteiger partial charge in [-0.1, -0.05) is 250 Å². The summed E-state index contributed by atoms with van der Waals surface area (Å²) in [6.07, 6.45) is 51.7. The van der Waals surface area contributed by atoms with E-state index in [1.165, 1.54) is 247 Å². The zero-order valence-corrected chi connectivity index (χ0v) is 33.8. The number of unbranched alkanes of at least 4 members (excludes halogenated alkanes) is 32. The highest BCUT2D eigenvalue weighted by Gasteiger charge is 2.11. The van der Waals surface area contributed by atoms with Gasteiger partial charge in [-0.15, -0.1) is 0 Å². The van der Waals surface area contributed by atoms with Crippen LogP contribution in [-0.2, 0) is 12.8 Å². The topological polar surface area (TPSA) is 0 Å². The summed E-state index contributed by atoms with van der Waals surface area (Å²) in [5.74, 6) is 0. The lowest BCUT2D eigenvalue weighted by molar-refractivity contribution is 0.525. The lowest BCUT2D eigenvalue weighted by Gasteiger charge is -2.17. The average Bonchev–Trinajstić information content (AvgIpc) is 3.11. The highest BCUT2D eigenvalue weighted by atomic mass is 14.2. The minimum Gasteiger partial charge on any atom is -0.0654 e. The van der Waals surface area contributed by atoms with Gasteiger partial charge in [-0.2, -0.15) is 0 Å². The first-order valence-electron chi connectivity index (χ1n) is 22.8. The van der Waals surface area contributed by atoms with Gasteiger partial charge in [0.15, 0.2) is 0 Å². The summed E-state index contributed by atoms with van der Waals surface area (Å²) in [5.41, 5.74) is 4.92. The van der Waals surface area contributed by atoms with Crippen LogP contribution in [0.1, 0.15) is 249 Å². The molecule has 0 aromatic heterocycles. The summed E-state index contributed by atoms with van der Waals surface area (Å²) in [7, 11) is 0. The maximum atomic E-state index is 2.47. The largest absolute Gasteiger partial charge is 0.0654 e. The van der Waals surface area contributed by atoms with Crippen molar-refractivity contribution < 1.29 is 0 Å². The number of hydrogen-bond acceptors (Lipinski definition) is 0. The number of rotatable bonds is 36. The van der Waals surface area contributed by atoms with Crippen molar-refractivity contribution in [1.29, 1.82) is 0 Å². The maximum Gasteiger partial charge on any atom is -0.0149 e. The second-order valence-electron chi connectivity index (χ2n) is 16.2. The second-order valence-corrected chi connectivity index (χ2v) is 16.2. The van der Waals surface area contributed by atoms with E-state index < -0.39 is 0 Å². The summed E-state index contributed by atoms with van der Waals surface area (Å²) in [4.78, 5) is 0. The van der Waals surface area contributed by atoms with Gasteiger partial charge in [-0.3, -0.25) is 0 Å². The minimum absolute atomic E-state index is 1.27. The molecule has 0 nitrogen and oxygen atoms in total. The van der Waals surface area contributed by atoms with E-state index in [0.29, 0.717) is 0 Å². The van der Waals surface area contributed by atoms with Gasteiger partial charge in [0.1, 0.15) is 0 Å². The van der Waals surface area contributed by atoms with E-state index in [9.17, 15) is 0 Å². The highest BCUT2D eigenvalue weighted by Crippen LogP contribution is 2.29. The molecule has 0 fully saturated rings. The highest BCUT2D eigenvalue weighted by molar-refractivity contribution is 5.87. The monoisotopic (exact) mass is 675 g/mol. The molecule has 0 amide bonds. The van der Waals surface area contributed by atoms with Crippen molar-refractivity contribution in [2.75, 3.05) is 0 Å². The Morgan fingerprint density at radius 2 is 0.612 bits per heavy atom. The van der Waals surface area contributed by atoms with Crippen molar-refractivity contribution >= 4 is 10.8 Å². The number of fused-ring (bicyclic) bond motifs is 1. The lowest BCUT2D eigenvalue weighted by Crippen LogP contribution is -2.01. The Hall–Kier alpha value is -1.30. The summed E-state index contributed by atoms with van der Waals surface area (Å²) in [6, 6.07) is 11.7. The average molecular weight is 675 g/mol. The van der Waals surface area contributed by atoms with Gasteiger partial charge in [-0.05, 0) is 60.1 Å². The summed E-state index contributed by atoms with van der Waals surface area (Å²) in [6.45, 7) is 7.00. The minimum atomic E-state index is 1.27. The smallest absolute Gasteiger partial charge is 0.0149 e. The van der Waals surface area contributed by atoms with E-state index in [-0.39, 0.29) is 0 Å². The molecule has 0 heterocycles. The fourth-order valence-electron chi connectivity index (χ4n) is 8.31. The molecule has 0 aliphatic heterocycles. The van der Waals surface area contributed by atoms with E-state index in [1.807, 2.05) is 0 Å². The molecule has 2 aromatic rings. The van der Waals surface area contributed by atoms with Crippen LogP contribution in [0.5, 0.6) is 0 Å². The molecule has 2 aromatic carbocycles. The van der Waals surface area contributed by atoms with Gasteiger partial charge in [0.05, 0.1) is 0 Å². The molecule has 0 saturated carbocycles. The summed E-state index contributed by atoms with van der Waals surface area (Å²) in [5, 5.41) is 2.99. The number of aryl methyl sites for hydroxylation is 2. The Labute approximate surface area is 308 Å². The Balaban J connectivity index is 1.52. The Morgan fingerprint density at radius 3 is 0.959 bits per heavy atom. The van der Waals surface area contributed by atoms with Crippen LogP contribution in [0.3, 0.4) is 0 Å². The first-order chi connectivity index (χ1) is 24.3. The molecule has 0 bridgehead atoms. The van der Waals surface area contributed by atoms with Gasteiger partial charge in [0.25, 0.3) is 0 Å². The van der Waals surface area contributed by atoms with Crippen LogP contribution in [0, 0.1) is 6.92 Å².